The molecule has 36 heavy (non-hydrogen) atoms. The van der Waals surface area contributed by atoms with E-state index in [2.05, 4.69) is 17.3 Å². The number of aromatic nitrogens is 3. The first kappa shape index (κ1) is 24.8. The Bertz CT molecular complexity index is 1410. The van der Waals surface area contributed by atoms with E-state index in [1.807, 2.05) is 24.3 Å². The van der Waals surface area contributed by atoms with E-state index in [0.717, 1.165) is 24.8 Å². The lowest BCUT2D eigenvalue weighted by Gasteiger charge is -2.05. The molecule has 1 amide bonds. The third-order valence-electron chi connectivity index (χ3n) is 5.92. The Morgan fingerprint density at radius 3 is 2.42 bits per heavy atom. The highest BCUT2D eigenvalue weighted by Gasteiger charge is 2.23. The van der Waals surface area contributed by atoms with Crippen LogP contribution in [-0.2, 0) is 4.74 Å². The van der Waals surface area contributed by atoms with Crippen molar-refractivity contribution < 1.29 is 14.3 Å². The molecule has 186 valence electrons. The number of nitrogens with zero attached hydrogens (tertiary/aromatic N) is 4. The number of ether oxygens (including phenoxy) is 1. The van der Waals surface area contributed by atoms with Gasteiger partial charge < -0.3 is 15.8 Å². The average molecular weight is 487 g/mol. The number of hydrogen-bond donors (Lipinski definition) is 2. The number of methoxy groups -OCH3 is 1. The second-order valence-corrected chi connectivity index (χ2v) is 8.48. The third kappa shape index (κ3) is 5.35. The van der Waals surface area contributed by atoms with Gasteiger partial charge in [0.1, 0.15) is 16.9 Å². The summed E-state index contributed by atoms with van der Waals surface area (Å²) in [5.74, 6) is -0.553. The molecule has 0 aliphatic carbocycles. The summed E-state index contributed by atoms with van der Waals surface area (Å²) in [7, 11) is 1.34. The van der Waals surface area contributed by atoms with Crippen LogP contribution < -0.4 is 11.1 Å². The van der Waals surface area contributed by atoms with Crippen LogP contribution in [0.2, 0.25) is 0 Å². The lowest BCUT2D eigenvalue weighted by atomic mass is 10.1. The van der Waals surface area contributed by atoms with E-state index in [1.54, 1.807) is 30.5 Å². The van der Waals surface area contributed by atoms with E-state index >= 15 is 0 Å². The standard InChI is InChI=1S/C27H30N6O3/c1-3-4-5-6-9-16-29-26(34)22-23-25(32-21-11-8-7-10-20(21)31-23)33(24(22)28)30-17-18-12-14-19(15-13-18)27(35)36-2/h7-8,10-15,17H,3-6,9,16,28H2,1-2H3,(H,29,34). The number of rotatable bonds is 10. The van der Waals surface area contributed by atoms with Crippen molar-refractivity contribution in [1.29, 1.82) is 0 Å². The van der Waals surface area contributed by atoms with Gasteiger partial charge in [0, 0.05) is 6.54 Å². The van der Waals surface area contributed by atoms with Gasteiger partial charge in [-0.3, -0.25) is 4.79 Å². The Hall–Kier alpha value is -4.27. The molecule has 0 radical (unpaired) electrons. The molecule has 4 aromatic rings. The predicted molar refractivity (Wildman–Crippen MR) is 141 cm³/mol. The van der Waals surface area contributed by atoms with Crippen molar-refractivity contribution in [3.8, 4) is 0 Å². The van der Waals surface area contributed by atoms with Gasteiger partial charge in [0.25, 0.3) is 5.91 Å². The summed E-state index contributed by atoms with van der Waals surface area (Å²) in [6, 6.07) is 14.2. The van der Waals surface area contributed by atoms with Crippen LogP contribution in [0.25, 0.3) is 22.2 Å². The average Bonchev–Trinajstić information content (AvgIpc) is 3.17. The molecule has 0 unspecified atom stereocenters. The van der Waals surface area contributed by atoms with E-state index < -0.39 is 5.97 Å². The minimum atomic E-state index is -0.415. The number of nitrogens with one attached hydrogen (secondary N) is 1. The van der Waals surface area contributed by atoms with Gasteiger partial charge in [0.05, 0.1) is 29.9 Å². The maximum Gasteiger partial charge on any atom is 0.337 e. The van der Waals surface area contributed by atoms with Crippen molar-refractivity contribution in [2.24, 2.45) is 5.10 Å². The molecular weight excluding hydrogens is 456 g/mol. The quantitative estimate of drug-likeness (QED) is 0.193. The SMILES string of the molecule is CCCCCCCNC(=O)c1c(N)n(N=Cc2ccc(C(=O)OC)cc2)c2nc3ccccc3nc12. The highest BCUT2D eigenvalue weighted by Crippen LogP contribution is 2.27. The van der Waals surface area contributed by atoms with Crippen LogP contribution in [0.3, 0.4) is 0 Å². The number of unbranched alkanes of at least 4 members (excludes halogenated alkanes) is 4. The molecule has 0 bridgehead atoms. The van der Waals surface area contributed by atoms with Gasteiger partial charge in [-0.25, -0.2) is 14.8 Å². The molecule has 4 rings (SSSR count). The molecule has 0 spiro atoms. The van der Waals surface area contributed by atoms with E-state index in [-0.39, 0.29) is 17.3 Å². The monoisotopic (exact) mass is 486 g/mol. The molecule has 0 aliphatic heterocycles. The lowest BCUT2D eigenvalue weighted by Crippen LogP contribution is -2.25. The number of nitrogens with two attached hydrogens (primary N) is 1. The molecule has 0 saturated carbocycles. The van der Waals surface area contributed by atoms with Crippen molar-refractivity contribution in [2.45, 2.75) is 39.0 Å². The lowest BCUT2D eigenvalue weighted by molar-refractivity contribution is 0.0600. The Morgan fingerprint density at radius 2 is 1.72 bits per heavy atom. The summed E-state index contributed by atoms with van der Waals surface area (Å²) in [5, 5.41) is 7.48. The summed E-state index contributed by atoms with van der Waals surface area (Å²) >= 11 is 0. The number of carbonyl (C=O) groups is 2. The van der Waals surface area contributed by atoms with Crippen LogP contribution in [0.5, 0.6) is 0 Å². The largest absolute Gasteiger partial charge is 0.465 e. The molecule has 0 fully saturated rings. The highest BCUT2D eigenvalue weighted by atomic mass is 16.5. The highest BCUT2D eigenvalue weighted by molar-refractivity contribution is 6.10. The Balaban J connectivity index is 1.67. The zero-order valence-corrected chi connectivity index (χ0v) is 20.5. The number of nitrogen functional groups attached to an aromatic ring is 1. The van der Waals surface area contributed by atoms with E-state index in [4.69, 9.17) is 20.4 Å². The smallest absolute Gasteiger partial charge is 0.337 e. The summed E-state index contributed by atoms with van der Waals surface area (Å²) in [6.07, 6.45) is 7.07. The molecule has 0 aliphatic rings. The van der Waals surface area contributed by atoms with Crippen LogP contribution in [0.4, 0.5) is 5.82 Å². The van der Waals surface area contributed by atoms with Gasteiger partial charge in [0.2, 0.25) is 0 Å². The third-order valence-corrected chi connectivity index (χ3v) is 5.92. The van der Waals surface area contributed by atoms with Gasteiger partial charge in [-0.05, 0) is 36.2 Å². The van der Waals surface area contributed by atoms with Crippen molar-refractivity contribution in [1.82, 2.24) is 20.0 Å². The maximum absolute atomic E-state index is 13.2. The maximum atomic E-state index is 13.2. The summed E-state index contributed by atoms with van der Waals surface area (Å²) in [4.78, 5) is 34.2. The molecule has 9 nitrogen and oxygen atoms in total. The predicted octanol–water partition coefficient (Wildman–Crippen LogP) is 4.54. The fourth-order valence-corrected chi connectivity index (χ4v) is 3.95. The molecule has 0 saturated heterocycles. The number of carbonyl (C=O) groups excluding carboxylic acids is 2. The number of para-hydroxylation sites is 2. The number of anilines is 1. The Morgan fingerprint density at radius 1 is 1.03 bits per heavy atom. The Kier molecular flexibility index (Phi) is 7.89. The molecule has 2 aromatic carbocycles. The number of benzene rings is 2. The number of fused-ring (bicyclic) bond motifs is 2. The van der Waals surface area contributed by atoms with Crippen LogP contribution >= 0.6 is 0 Å². The van der Waals surface area contributed by atoms with Crippen molar-refractivity contribution in [2.75, 3.05) is 19.4 Å². The zero-order valence-electron chi connectivity index (χ0n) is 20.5. The second kappa shape index (κ2) is 11.4. The summed E-state index contributed by atoms with van der Waals surface area (Å²) in [5.41, 5.74) is 9.99. The summed E-state index contributed by atoms with van der Waals surface area (Å²) in [6.45, 7) is 2.73. The fourth-order valence-electron chi connectivity index (χ4n) is 3.95. The number of esters is 1. The normalized spacial score (nSPS) is 11.4. The molecule has 2 aromatic heterocycles. The van der Waals surface area contributed by atoms with E-state index in [0.29, 0.717) is 34.3 Å². The molecule has 2 heterocycles. The van der Waals surface area contributed by atoms with Crippen LogP contribution in [-0.4, -0.2) is 46.4 Å². The zero-order chi connectivity index (χ0) is 25.5. The van der Waals surface area contributed by atoms with Gasteiger partial charge in [-0.15, -0.1) is 0 Å². The van der Waals surface area contributed by atoms with Crippen LogP contribution in [0.15, 0.2) is 53.6 Å². The summed E-state index contributed by atoms with van der Waals surface area (Å²) < 4.78 is 6.17. The number of hydrogen-bond acceptors (Lipinski definition) is 7. The first-order valence-corrected chi connectivity index (χ1v) is 12.1. The van der Waals surface area contributed by atoms with Crippen molar-refractivity contribution >= 4 is 46.1 Å². The van der Waals surface area contributed by atoms with Crippen molar-refractivity contribution in [3.05, 3.63) is 65.2 Å². The van der Waals surface area contributed by atoms with Crippen LogP contribution in [0, 0.1) is 0 Å². The molecule has 0 atom stereocenters. The topological polar surface area (TPSA) is 124 Å². The van der Waals surface area contributed by atoms with E-state index in [1.165, 1.54) is 24.6 Å². The minimum Gasteiger partial charge on any atom is -0.465 e. The first-order chi connectivity index (χ1) is 17.5. The molecular formula is C27H30N6O3. The van der Waals surface area contributed by atoms with Gasteiger partial charge in [0.15, 0.2) is 5.65 Å². The van der Waals surface area contributed by atoms with Crippen LogP contribution in [0.1, 0.15) is 65.3 Å². The Labute approximate surface area is 209 Å². The van der Waals surface area contributed by atoms with Gasteiger partial charge in [-0.2, -0.15) is 9.78 Å². The fraction of sp³-hybridized carbons (Fsp3) is 0.296. The van der Waals surface area contributed by atoms with Crippen molar-refractivity contribution in [3.63, 3.8) is 0 Å². The minimum absolute atomic E-state index is 0.159. The number of amides is 1. The van der Waals surface area contributed by atoms with Gasteiger partial charge >= 0.3 is 5.97 Å². The molecule has 9 heteroatoms. The van der Waals surface area contributed by atoms with Gasteiger partial charge in [-0.1, -0.05) is 56.9 Å². The second-order valence-electron chi connectivity index (χ2n) is 8.48. The first-order valence-electron chi connectivity index (χ1n) is 12.1. The van der Waals surface area contributed by atoms with E-state index in [9.17, 15) is 9.59 Å². The molecule has 3 N–H and O–H groups in total.